The van der Waals surface area contributed by atoms with Crippen LogP contribution in [-0.4, -0.2) is 64.0 Å². The fraction of sp³-hybridized carbons (Fsp3) is 0.545. The number of rotatable bonds is 4. The van der Waals surface area contributed by atoms with Gasteiger partial charge < -0.3 is 10.6 Å². The summed E-state index contributed by atoms with van der Waals surface area (Å²) in [6, 6.07) is 3.59. The first-order valence-electron chi connectivity index (χ1n) is 6.44. The van der Waals surface area contributed by atoms with Crippen molar-refractivity contribution in [3.8, 4) is 0 Å². The molecule has 1 fully saturated rings. The smallest absolute Gasteiger partial charge is 0.364 e. The molecule has 1 aliphatic heterocycles. The molecule has 0 aromatic carbocycles. The number of H-pyrrole nitrogens is 1. The molecule has 19 heavy (non-hydrogen) atoms. The molecule has 3 heterocycles. The highest BCUT2D eigenvalue weighted by Crippen LogP contribution is 2.02. The van der Waals surface area contributed by atoms with Gasteiger partial charge in [0.2, 0.25) is 0 Å². The summed E-state index contributed by atoms with van der Waals surface area (Å²) in [5.74, 6) is 0.686. The molecule has 2 aromatic rings. The minimum atomic E-state index is -0.319. The zero-order valence-electron chi connectivity index (χ0n) is 10.6. The molecule has 0 saturated carbocycles. The number of hydrogen-bond donors (Lipinski definition) is 3. The van der Waals surface area contributed by atoms with Crippen LogP contribution >= 0.6 is 0 Å². The Morgan fingerprint density at radius 1 is 1.32 bits per heavy atom. The van der Waals surface area contributed by atoms with Crippen molar-refractivity contribution in [2.45, 2.75) is 0 Å². The molecule has 2 aromatic heterocycles. The highest BCUT2D eigenvalue weighted by molar-refractivity contribution is 5.42. The molecule has 0 spiro atoms. The predicted molar refractivity (Wildman–Crippen MR) is 71.4 cm³/mol. The summed E-state index contributed by atoms with van der Waals surface area (Å²) < 4.78 is 1.26. The van der Waals surface area contributed by atoms with Crippen LogP contribution in [0.15, 0.2) is 16.9 Å². The lowest BCUT2D eigenvalue weighted by atomic mass is 10.3. The zero-order valence-corrected chi connectivity index (χ0v) is 10.6. The topological polar surface area (TPSA) is 90.3 Å². The summed E-state index contributed by atoms with van der Waals surface area (Å²) in [6.07, 6.45) is 0. The minimum Gasteiger partial charge on any atom is -0.367 e. The van der Waals surface area contributed by atoms with Crippen molar-refractivity contribution < 1.29 is 0 Å². The molecule has 0 aliphatic carbocycles. The van der Waals surface area contributed by atoms with Crippen molar-refractivity contribution in [2.75, 3.05) is 44.6 Å². The maximum atomic E-state index is 11.4. The Morgan fingerprint density at radius 3 is 3.00 bits per heavy atom. The van der Waals surface area contributed by atoms with Crippen molar-refractivity contribution in [3.05, 3.63) is 22.6 Å². The molecule has 0 bridgehead atoms. The molecule has 0 atom stereocenters. The zero-order chi connectivity index (χ0) is 13.1. The van der Waals surface area contributed by atoms with Crippen LogP contribution in [0.3, 0.4) is 0 Å². The average Bonchev–Trinajstić information content (AvgIpc) is 2.82. The molecule has 1 aliphatic rings. The molecule has 3 N–H and O–H groups in total. The molecule has 0 radical (unpaired) electrons. The first-order chi connectivity index (χ1) is 9.33. The summed E-state index contributed by atoms with van der Waals surface area (Å²) in [7, 11) is 0. The van der Waals surface area contributed by atoms with E-state index in [2.05, 4.69) is 30.8 Å². The Morgan fingerprint density at radius 2 is 2.16 bits per heavy atom. The quantitative estimate of drug-likeness (QED) is 0.637. The normalized spacial score (nSPS) is 16.8. The van der Waals surface area contributed by atoms with Crippen LogP contribution in [0.2, 0.25) is 0 Å². The summed E-state index contributed by atoms with van der Waals surface area (Å²) in [5.41, 5.74) is 0.207. The molecule has 8 heteroatoms. The Kier molecular flexibility index (Phi) is 3.43. The molecule has 0 unspecified atom stereocenters. The Labute approximate surface area is 109 Å². The van der Waals surface area contributed by atoms with E-state index >= 15 is 0 Å². The number of hydrogen-bond acceptors (Lipinski definition) is 6. The van der Waals surface area contributed by atoms with E-state index in [4.69, 9.17) is 0 Å². The van der Waals surface area contributed by atoms with E-state index in [9.17, 15) is 4.79 Å². The third-order valence-corrected chi connectivity index (χ3v) is 3.22. The number of anilines is 1. The van der Waals surface area contributed by atoms with Gasteiger partial charge in [0.1, 0.15) is 5.82 Å². The fourth-order valence-corrected chi connectivity index (χ4v) is 2.17. The van der Waals surface area contributed by atoms with Crippen LogP contribution in [0, 0.1) is 0 Å². The van der Waals surface area contributed by atoms with Crippen molar-refractivity contribution in [1.29, 1.82) is 0 Å². The summed E-state index contributed by atoms with van der Waals surface area (Å²) in [5, 5.41) is 16.9. The lowest BCUT2D eigenvalue weighted by Gasteiger charge is -2.27. The van der Waals surface area contributed by atoms with Crippen LogP contribution in [0.1, 0.15) is 0 Å². The largest absolute Gasteiger partial charge is 0.367 e. The second-order valence-corrected chi connectivity index (χ2v) is 4.54. The van der Waals surface area contributed by atoms with E-state index in [1.165, 1.54) is 4.52 Å². The second kappa shape index (κ2) is 5.37. The monoisotopic (exact) mass is 263 g/mol. The van der Waals surface area contributed by atoms with Gasteiger partial charge in [0.25, 0.3) is 0 Å². The van der Waals surface area contributed by atoms with Gasteiger partial charge in [0.15, 0.2) is 5.65 Å². The Balaban J connectivity index is 1.58. The van der Waals surface area contributed by atoms with E-state index in [1.54, 1.807) is 6.07 Å². The lowest BCUT2D eigenvalue weighted by Crippen LogP contribution is -2.45. The SMILES string of the molecule is O=c1[nH]nc2ccc(NCCN3CCNCC3)nn12. The van der Waals surface area contributed by atoms with E-state index < -0.39 is 0 Å². The molecule has 102 valence electrons. The maximum Gasteiger partial charge on any atom is 0.364 e. The highest BCUT2D eigenvalue weighted by atomic mass is 16.2. The number of aromatic nitrogens is 4. The van der Waals surface area contributed by atoms with Gasteiger partial charge in [-0.15, -0.1) is 5.10 Å². The first kappa shape index (κ1) is 12.1. The molecule has 8 nitrogen and oxygen atoms in total. The molecular weight excluding hydrogens is 246 g/mol. The second-order valence-electron chi connectivity index (χ2n) is 4.54. The van der Waals surface area contributed by atoms with E-state index in [0.717, 1.165) is 39.3 Å². The highest BCUT2D eigenvalue weighted by Gasteiger charge is 2.08. The number of nitrogens with zero attached hydrogens (tertiary/aromatic N) is 4. The van der Waals surface area contributed by atoms with Crippen LogP contribution in [0.4, 0.5) is 5.82 Å². The van der Waals surface area contributed by atoms with Gasteiger partial charge in [0.05, 0.1) is 0 Å². The predicted octanol–water partition coefficient (Wildman–Crippen LogP) is -1.27. The van der Waals surface area contributed by atoms with E-state index in [-0.39, 0.29) is 5.69 Å². The lowest BCUT2D eigenvalue weighted by molar-refractivity contribution is 0.249. The van der Waals surface area contributed by atoms with E-state index in [1.807, 2.05) is 6.07 Å². The molecule has 1 saturated heterocycles. The summed E-state index contributed by atoms with van der Waals surface area (Å²) in [4.78, 5) is 13.8. The van der Waals surface area contributed by atoms with Crippen molar-refractivity contribution in [3.63, 3.8) is 0 Å². The molecule has 3 rings (SSSR count). The third kappa shape index (κ3) is 2.74. The third-order valence-electron chi connectivity index (χ3n) is 3.22. The fourth-order valence-electron chi connectivity index (χ4n) is 2.17. The van der Waals surface area contributed by atoms with Gasteiger partial charge in [-0.1, -0.05) is 0 Å². The van der Waals surface area contributed by atoms with Crippen molar-refractivity contribution in [1.82, 2.24) is 30.0 Å². The van der Waals surface area contributed by atoms with Crippen LogP contribution < -0.4 is 16.3 Å². The van der Waals surface area contributed by atoms with Crippen LogP contribution in [0.5, 0.6) is 0 Å². The van der Waals surface area contributed by atoms with E-state index in [0.29, 0.717) is 11.5 Å². The Hall–Kier alpha value is -1.93. The van der Waals surface area contributed by atoms with Gasteiger partial charge in [0, 0.05) is 39.3 Å². The van der Waals surface area contributed by atoms with Gasteiger partial charge in [-0.2, -0.15) is 9.61 Å². The Bertz CT molecular complexity index is 598. The van der Waals surface area contributed by atoms with Crippen LogP contribution in [-0.2, 0) is 0 Å². The van der Waals surface area contributed by atoms with Gasteiger partial charge in [-0.05, 0) is 12.1 Å². The van der Waals surface area contributed by atoms with Gasteiger partial charge in [-0.3, -0.25) is 4.90 Å². The number of piperazine rings is 1. The molecule has 0 amide bonds. The summed E-state index contributed by atoms with van der Waals surface area (Å²) >= 11 is 0. The number of aromatic amines is 1. The standard InChI is InChI=1S/C11H17N7O/c19-11-15-14-10-2-1-9(16-18(10)11)13-5-8-17-6-3-12-4-7-17/h1-2,12H,3-8H2,(H,13,16)(H,15,19). The maximum absolute atomic E-state index is 11.4. The van der Waals surface area contributed by atoms with Crippen molar-refractivity contribution in [2.24, 2.45) is 0 Å². The van der Waals surface area contributed by atoms with Gasteiger partial charge >= 0.3 is 5.69 Å². The number of nitrogens with one attached hydrogen (secondary N) is 3. The summed E-state index contributed by atoms with van der Waals surface area (Å²) in [6.45, 7) is 6.04. The van der Waals surface area contributed by atoms with Crippen LogP contribution in [0.25, 0.3) is 5.65 Å². The first-order valence-corrected chi connectivity index (χ1v) is 6.44. The van der Waals surface area contributed by atoms with Gasteiger partial charge in [-0.25, -0.2) is 9.89 Å². The van der Waals surface area contributed by atoms with Crippen molar-refractivity contribution >= 4 is 11.5 Å². The minimum absolute atomic E-state index is 0.319. The molecular formula is C11H17N7O. The average molecular weight is 263 g/mol. The number of fused-ring (bicyclic) bond motifs is 1.